The molecular formula is C12H13Cl2NO5S. The molecule has 0 spiro atoms. The molecule has 1 aromatic carbocycles. The van der Waals surface area contributed by atoms with Crippen LogP contribution in [0.4, 0.5) is 0 Å². The summed E-state index contributed by atoms with van der Waals surface area (Å²) in [5, 5.41) is 17.6. The number of nitrogens with one attached hydrogen (secondary N) is 1. The molecule has 3 N–H and O–H groups in total. The Labute approximate surface area is 131 Å². The van der Waals surface area contributed by atoms with E-state index in [1.165, 1.54) is 6.07 Å². The average molecular weight is 354 g/mol. The van der Waals surface area contributed by atoms with Crippen LogP contribution >= 0.6 is 23.2 Å². The Hall–Kier alpha value is -0.860. The van der Waals surface area contributed by atoms with Gasteiger partial charge in [-0.3, -0.25) is 0 Å². The van der Waals surface area contributed by atoms with Gasteiger partial charge in [-0.2, -0.15) is 0 Å². The number of carboxylic acid groups (broad SMARTS) is 1. The third-order valence-corrected chi connectivity index (χ3v) is 5.62. The van der Waals surface area contributed by atoms with E-state index in [1.54, 1.807) is 0 Å². The van der Waals surface area contributed by atoms with Crippen LogP contribution in [0.1, 0.15) is 23.2 Å². The van der Waals surface area contributed by atoms with Crippen LogP contribution in [0.15, 0.2) is 17.0 Å². The molecule has 1 aliphatic rings. The maximum atomic E-state index is 12.2. The summed E-state index contributed by atoms with van der Waals surface area (Å²) in [7, 11) is -3.94. The topological polar surface area (TPSA) is 104 Å². The van der Waals surface area contributed by atoms with Crippen LogP contribution in [0.3, 0.4) is 0 Å². The number of sulfonamides is 1. The molecule has 0 radical (unpaired) electrons. The van der Waals surface area contributed by atoms with Gasteiger partial charge in [-0.25, -0.2) is 17.9 Å². The minimum atomic E-state index is -3.94. The minimum Gasteiger partial charge on any atom is -0.478 e. The van der Waals surface area contributed by atoms with Gasteiger partial charge < -0.3 is 10.2 Å². The average Bonchev–Trinajstić information content (AvgIpc) is 2.32. The van der Waals surface area contributed by atoms with E-state index in [0.717, 1.165) is 6.07 Å². The highest BCUT2D eigenvalue weighted by Crippen LogP contribution is 2.32. The summed E-state index contributed by atoms with van der Waals surface area (Å²) < 4.78 is 26.7. The van der Waals surface area contributed by atoms with E-state index in [-0.39, 0.29) is 28.5 Å². The van der Waals surface area contributed by atoms with Crippen LogP contribution in [0.2, 0.25) is 10.0 Å². The largest absolute Gasteiger partial charge is 0.478 e. The van der Waals surface area contributed by atoms with Gasteiger partial charge in [0.2, 0.25) is 10.0 Å². The zero-order valence-electron chi connectivity index (χ0n) is 10.7. The first-order valence-electron chi connectivity index (χ1n) is 6.11. The number of carbonyl (C=O) groups is 1. The fourth-order valence-corrected chi connectivity index (χ4v) is 4.14. The molecular weight excluding hydrogens is 341 g/mol. The number of aromatic carboxylic acids is 1. The number of carboxylic acids is 1. The summed E-state index contributed by atoms with van der Waals surface area (Å²) in [6.45, 7) is 0.167. The van der Waals surface area contributed by atoms with Crippen molar-refractivity contribution in [1.82, 2.24) is 4.72 Å². The maximum absolute atomic E-state index is 12.2. The second-order valence-electron chi connectivity index (χ2n) is 4.88. The highest BCUT2D eigenvalue weighted by atomic mass is 35.5. The van der Waals surface area contributed by atoms with Crippen LogP contribution in [-0.4, -0.2) is 37.2 Å². The van der Waals surface area contributed by atoms with E-state index in [0.29, 0.717) is 12.8 Å². The number of hydrogen-bond acceptors (Lipinski definition) is 4. The van der Waals surface area contributed by atoms with Crippen molar-refractivity contribution in [2.75, 3.05) is 6.54 Å². The third kappa shape index (κ3) is 3.49. The van der Waals surface area contributed by atoms with Crippen molar-refractivity contribution in [3.63, 3.8) is 0 Å². The molecule has 2 rings (SSSR count). The van der Waals surface area contributed by atoms with E-state index in [1.807, 2.05) is 0 Å². The highest BCUT2D eigenvalue weighted by Gasteiger charge is 2.30. The summed E-state index contributed by atoms with van der Waals surface area (Å²) in [6, 6.07) is 2.34. The van der Waals surface area contributed by atoms with E-state index in [4.69, 9.17) is 33.4 Å². The van der Waals surface area contributed by atoms with E-state index >= 15 is 0 Å². The van der Waals surface area contributed by atoms with Gasteiger partial charge in [0.25, 0.3) is 0 Å². The summed E-state index contributed by atoms with van der Waals surface area (Å²) in [6.07, 6.45) is 0.700. The molecule has 0 saturated heterocycles. The van der Waals surface area contributed by atoms with Gasteiger partial charge in [0.15, 0.2) is 0 Å². The maximum Gasteiger partial charge on any atom is 0.338 e. The van der Waals surface area contributed by atoms with Crippen LogP contribution in [0.25, 0.3) is 0 Å². The fraction of sp³-hybridized carbons (Fsp3) is 0.417. The predicted molar refractivity (Wildman–Crippen MR) is 77.3 cm³/mol. The summed E-state index contributed by atoms with van der Waals surface area (Å²) in [5.74, 6) is -1.33. The Bertz CT molecular complexity index is 670. The van der Waals surface area contributed by atoms with Gasteiger partial charge in [0.1, 0.15) is 4.90 Å². The van der Waals surface area contributed by atoms with Crippen molar-refractivity contribution in [3.05, 3.63) is 27.7 Å². The first kappa shape index (κ1) is 16.5. The lowest BCUT2D eigenvalue weighted by atomic mass is 9.83. The molecule has 0 aromatic heterocycles. The number of hydrogen-bond donors (Lipinski definition) is 3. The van der Waals surface area contributed by atoms with Crippen LogP contribution in [-0.2, 0) is 10.0 Å². The first-order chi connectivity index (χ1) is 9.72. The van der Waals surface area contributed by atoms with Crippen molar-refractivity contribution in [1.29, 1.82) is 0 Å². The van der Waals surface area contributed by atoms with Gasteiger partial charge in [0, 0.05) is 6.54 Å². The molecule has 6 nitrogen and oxygen atoms in total. The van der Waals surface area contributed by atoms with Gasteiger partial charge in [-0.05, 0) is 30.9 Å². The Morgan fingerprint density at radius 3 is 2.48 bits per heavy atom. The Kier molecular flexibility index (Phi) is 4.79. The van der Waals surface area contributed by atoms with E-state index in [2.05, 4.69) is 4.72 Å². The lowest BCUT2D eigenvalue weighted by molar-refractivity contribution is 0.0453. The van der Waals surface area contributed by atoms with Crippen molar-refractivity contribution >= 4 is 39.2 Å². The number of rotatable bonds is 5. The number of benzene rings is 1. The second-order valence-corrected chi connectivity index (χ2v) is 7.40. The van der Waals surface area contributed by atoms with Gasteiger partial charge in [-0.15, -0.1) is 0 Å². The standard InChI is InChI=1S/C12H13Cl2NO5S/c13-8-1-2-9(11(14)10(8)12(17)18)21(19,20)15-5-6-3-7(16)4-6/h1-2,6-7,15-16H,3-5H2,(H,17,18). The molecule has 0 heterocycles. The van der Waals surface area contributed by atoms with Crippen molar-refractivity contribution in [3.8, 4) is 0 Å². The fourth-order valence-electron chi connectivity index (χ4n) is 2.11. The highest BCUT2D eigenvalue weighted by molar-refractivity contribution is 7.89. The summed E-state index contributed by atoms with van der Waals surface area (Å²) in [5.41, 5.74) is -0.444. The van der Waals surface area contributed by atoms with E-state index < -0.39 is 26.6 Å². The Morgan fingerprint density at radius 1 is 1.33 bits per heavy atom. The number of aliphatic hydroxyl groups is 1. The third-order valence-electron chi connectivity index (χ3n) is 3.33. The number of aliphatic hydroxyl groups excluding tert-OH is 1. The molecule has 0 atom stereocenters. The number of halogens is 2. The molecule has 1 saturated carbocycles. The molecule has 21 heavy (non-hydrogen) atoms. The minimum absolute atomic E-state index is 0.0693. The molecule has 0 bridgehead atoms. The van der Waals surface area contributed by atoms with Crippen molar-refractivity contribution in [2.24, 2.45) is 5.92 Å². The summed E-state index contributed by atoms with van der Waals surface area (Å²) in [4.78, 5) is 10.7. The summed E-state index contributed by atoms with van der Waals surface area (Å²) >= 11 is 11.6. The zero-order chi connectivity index (χ0) is 15.8. The molecule has 0 amide bonds. The molecule has 0 aliphatic heterocycles. The smallest absolute Gasteiger partial charge is 0.338 e. The quantitative estimate of drug-likeness (QED) is 0.747. The van der Waals surface area contributed by atoms with E-state index in [9.17, 15) is 13.2 Å². The second kappa shape index (κ2) is 6.10. The van der Waals surface area contributed by atoms with Gasteiger partial charge >= 0.3 is 5.97 Å². The van der Waals surface area contributed by atoms with Crippen LogP contribution in [0, 0.1) is 5.92 Å². The Balaban J connectivity index is 2.24. The predicted octanol–water partition coefficient (Wildman–Crippen LogP) is 1.74. The van der Waals surface area contributed by atoms with Crippen molar-refractivity contribution in [2.45, 2.75) is 23.8 Å². The molecule has 1 fully saturated rings. The van der Waals surface area contributed by atoms with Gasteiger partial charge in [0.05, 0.1) is 21.7 Å². The van der Waals surface area contributed by atoms with Gasteiger partial charge in [-0.1, -0.05) is 23.2 Å². The first-order valence-corrected chi connectivity index (χ1v) is 8.35. The monoisotopic (exact) mass is 353 g/mol. The van der Waals surface area contributed by atoms with Crippen molar-refractivity contribution < 1.29 is 23.4 Å². The SMILES string of the molecule is O=C(O)c1c(Cl)ccc(S(=O)(=O)NCC2CC(O)C2)c1Cl. The lowest BCUT2D eigenvalue weighted by Crippen LogP contribution is -2.38. The van der Waals surface area contributed by atoms with Crippen LogP contribution in [0.5, 0.6) is 0 Å². The molecule has 1 aromatic rings. The molecule has 1 aliphatic carbocycles. The normalized spacial score (nSPS) is 21.9. The lowest BCUT2D eigenvalue weighted by Gasteiger charge is -2.31. The molecule has 116 valence electrons. The molecule has 0 unspecified atom stereocenters. The van der Waals surface area contributed by atoms with Crippen LogP contribution < -0.4 is 4.72 Å². The molecule has 9 heteroatoms. The zero-order valence-corrected chi connectivity index (χ0v) is 13.0. The Morgan fingerprint density at radius 2 is 1.95 bits per heavy atom.